The van der Waals surface area contributed by atoms with Crippen molar-refractivity contribution in [2.24, 2.45) is 52.3 Å². The summed E-state index contributed by atoms with van der Waals surface area (Å²) in [5.74, 6) is 5.56. The number of hydrogen-bond donors (Lipinski definition) is 0. The molecule has 0 aromatic carbocycles. The summed E-state index contributed by atoms with van der Waals surface area (Å²) in [7, 11) is 0. The topological polar surface area (TPSA) is 26.3 Å². The van der Waals surface area contributed by atoms with Crippen LogP contribution < -0.4 is 0 Å². The molecule has 0 aromatic heterocycles. The second-order valence-corrected chi connectivity index (χ2v) is 19.3. The monoisotopic (exact) mass is 707 g/mol. The highest BCUT2D eigenvalue weighted by molar-refractivity contribution is 5.69. The molecule has 4 aliphatic rings. The van der Waals surface area contributed by atoms with Crippen molar-refractivity contribution in [3.05, 3.63) is 23.8 Å². The molecular formula is C49H86O2. The Hall–Kier alpha value is -1.05. The molecule has 0 aromatic rings. The van der Waals surface area contributed by atoms with Gasteiger partial charge in [0.25, 0.3) is 0 Å². The van der Waals surface area contributed by atoms with Crippen LogP contribution in [0.25, 0.3) is 0 Å². The fourth-order valence-electron chi connectivity index (χ4n) is 12.2. The molecule has 0 aliphatic heterocycles. The fraction of sp³-hybridized carbons (Fsp3) is 0.898. The number of carbonyl (C=O) groups is 1. The van der Waals surface area contributed by atoms with E-state index >= 15 is 0 Å². The van der Waals surface area contributed by atoms with Gasteiger partial charge in [-0.2, -0.15) is 0 Å². The number of hydrogen-bond acceptors (Lipinski definition) is 2. The molecule has 3 fully saturated rings. The van der Waals surface area contributed by atoms with Crippen molar-refractivity contribution >= 4 is 5.97 Å². The van der Waals surface area contributed by atoms with E-state index in [1.54, 1.807) is 5.57 Å². The second kappa shape index (κ2) is 21.7. The van der Waals surface area contributed by atoms with E-state index in [-0.39, 0.29) is 12.1 Å². The Bertz CT molecular complexity index is 1050. The zero-order valence-electron chi connectivity index (χ0n) is 35.3. The van der Waals surface area contributed by atoms with Crippen molar-refractivity contribution in [1.82, 2.24) is 0 Å². The maximum Gasteiger partial charge on any atom is 0.306 e. The predicted octanol–water partition coefficient (Wildman–Crippen LogP) is 15.4. The average Bonchev–Trinajstić information content (AvgIpc) is 3.47. The minimum absolute atomic E-state index is 0.0612. The molecule has 0 unspecified atom stereocenters. The van der Waals surface area contributed by atoms with Crippen LogP contribution in [0.5, 0.6) is 0 Å². The molecule has 0 heterocycles. The Morgan fingerprint density at radius 1 is 0.745 bits per heavy atom. The number of unbranched alkanes of at least 4 members (excludes halogenated alkanes) is 16. The Kier molecular flexibility index (Phi) is 18.2. The van der Waals surface area contributed by atoms with Crippen LogP contribution in [-0.2, 0) is 9.53 Å². The molecule has 51 heavy (non-hydrogen) atoms. The molecule has 9 atom stereocenters. The molecular weight excluding hydrogens is 621 g/mol. The number of carbonyl (C=O) groups excluding carboxylic acids is 1. The van der Waals surface area contributed by atoms with Gasteiger partial charge >= 0.3 is 5.97 Å². The quantitative estimate of drug-likeness (QED) is 0.0567. The summed E-state index contributed by atoms with van der Waals surface area (Å²) in [4.78, 5) is 12.9. The normalized spacial score (nSPS) is 31.6. The van der Waals surface area contributed by atoms with Crippen LogP contribution in [0.4, 0.5) is 0 Å². The summed E-state index contributed by atoms with van der Waals surface area (Å²) in [6.45, 7) is 17.2. The van der Waals surface area contributed by atoms with E-state index in [9.17, 15) is 4.79 Å². The van der Waals surface area contributed by atoms with Crippen molar-refractivity contribution in [2.75, 3.05) is 0 Å². The van der Waals surface area contributed by atoms with E-state index < -0.39 is 0 Å². The van der Waals surface area contributed by atoms with Crippen molar-refractivity contribution < 1.29 is 9.53 Å². The largest absolute Gasteiger partial charge is 0.462 e. The maximum atomic E-state index is 12.9. The minimum Gasteiger partial charge on any atom is -0.462 e. The van der Waals surface area contributed by atoms with E-state index in [1.807, 2.05) is 0 Å². The third-order valence-electron chi connectivity index (χ3n) is 15.5. The Morgan fingerprint density at radius 3 is 1.90 bits per heavy atom. The average molecular weight is 707 g/mol. The van der Waals surface area contributed by atoms with Gasteiger partial charge in [-0.1, -0.05) is 175 Å². The van der Waals surface area contributed by atoms with Gasteiger partial charge in [0.1, 0.15) is 6.10 Å². The van der Waals surface area contributed by atoms with Crippen molar-refractivity contribution in [1.29, 1.82) is 0 Å². The molecule has 0 N–H and O–H groups in total. The van der Waals surface area contributed by atoms with E-state index in [0.29, 0.717) is 29.1 Å². The van der Waals surface area contributed by atoms with Gasteiger partial charge in [-0.05, 0) is 110 Å². The summed E-state index contributed by atoms with van der Waals surface area (Å²) >= 11 is 0. The van der Waals surface area contributed by atoms with Gasteiger partial charge < -0.3 is 4.74 Å². The summed E-state index contributed by atoms with van der Waals surface area (Å²) in [6.07, 6.45) is 43.3. The van der Waals surface area contributed by atoms with Crippen molar-refractivity contribution in [2.45, 2.75) is 228 Å². The number of esters is 1. The second-order valence-electron chi connectivity index (χ2n) is 19.3. The van der Waals surface area contributed by atoms with E-state index in [4.69, 9.17) is 4.74 Å². The van der Waals surface area contributed by atoms with Gasteiger partial charge in [-0.15, -0.1) is 0 Å². The molecule has 0 radical (unpaired) electrons. The molecule has 4 aliphatic carbocycles. The molecule has 0 amide bonds. The lowest BCUT2D eigenvalue weighted by molar-refractivity contribution is -0.151. The Labute approximate surface area is 318 Å². The molecule has 0 saturated heterocycles. The van der Waals surface area contributed by atoms with Gasteiger partial charge in [0, 0.05) is 12.8 Å². The van der Waals surface area contributed by atoms with Gasteiger partial charge in [-0.25, -0.2) is 0 Å². The van der Waals surface area contributed by atoms with Crippen molar-refractivity contribution in [3.8, 4) is 0 Å². The first-order valence-electron chi connectivity index (χ1n) is 23.2. The van der Waals surface area contributed by atoms with Gasteiger partial charge in [0.2, 0.25) is 0 Å². The lowest BCUT2D eigenvalue weighted by Gasteiger charge is -2.58. The van der Waals surface area contributed by atoms with Crippen LogP contribution in [0.2, 0.25) is 0 Å². The first kappa shape index (κ1) is 42.7. The molecule has 294 valence electrons. The predicted molar refractivity (Wildman–Crippen MR) is 221 cm³/mol. The van der Waals surface area contributed by atoms with Crippen LogP contribution in [0.3, 0.4) is 0 Å². The lowest BCUT2D eigenvalue weighted by atomic mass is 9.47. The van der Waals surface area contributed by atoms with Crippen LogP contribution in [0.15, 0.2) is 23.8 Å². The first-order chi connectivity index (χ1) is 24.6. The zero-order valence-corrected chi connectivity index (χ0v) is 35.3. The molecule has 3 saturated carbocycles. The minimum atomic E-state index is 0.0612. The lowest BCUT2D eigenvalue weighted by Crippen LogP contribution is -2.51. The Morgan fingerprint density at radius 2 is 1.33 bits per heavy atom. The molecule has 2 nitrogen and oxygen atoms in total. The first-order valence-corrected chi connectivity index (χ1v) is 23.2. The zero-order chi connectivity index (χ0) is 36.7. The highest BCUT2D eigenvalue weighted by Gasteiger charge is 2.59. The fourth-order valence-corrected chi connectivity index (χ4v) is 12.2. The van der Waals surface area contributed by atoms with Gasteiger partial charge in [0.05, 0.1) is 0 Å². The highest BCUT2D eigenvalue weighted by Crippen LogP contribution is 2.67. The smallest absolute Gasteiger partial charge is 0.306 e. The van der Waals surface area contributed by atoms with E-state index in [1.165, 1.54) is 148 Å². The molecule has 2 heteroatoms. The van der Waals surface area contributed by atoms with Crippen LogP contribution >= 0.6 is 0 Å². The maximum absolute atomic E-state index is 12.9. The van der Waals surface area contributed by atoms with Crippen molar-refractivity contribution in [3.63, 3.8) is 0 Å². The van der Waals surface area contributed by atoms with Crippen LogP contribution in [-0.4, -0.2) is 12.1 Å². The van der Waals surface area contributed by atoms with Gasteiger partial charge in [0.15, 0.2) is 0 Å². The number of allylic oxidation sites excluding steroid dienone is 3. The molecule has 4 rings (SSSR count). The third kappa shape index (κ3) is 12.0. The summed E-state index contributed by atoms with van der Waals surface area (Å²) in [6, 6.07) is 0. The van der Waals surface area contributed by atoms with E-state index in [2.05, 4.69) is 66.7 Å². The molecule has 0 spiro atoms. The third-order valence-corrected chi connectivity index (χ3v) is 15.5. The SMILES string of the molecule is CCCCCCCCCCCCCCCCCCCC(=O)O[C@H]1CC[C@@]2(C)C(=CC[C@H]3[C@@H]4CC[C@H]([C@H](C)/C=C/[C@@H](CC)C(C)C)[C@@]4(C)CC[C@@H]32)C1. The molecule has 0 bridgehead atoms. The van der Waals surface area contributed by atoms with E-state index in [0.717, 1.165) is 48.9 Å². The Balaban J connectivity index is 1.09. The summed E-state index contributed by atoms with van der Waals surface area (Å²) < 4.78 is 6.15. The van der Waals surface area contributed by atoms with Crippen LogP contribution in [0, 0.1) is 52.3 Å². The standard InChI is InChI=1S/C49H86O2/c1-8-10-11-12-13-14-15-16-17-18-19-20-21-22-23-24-25-26-47(50)51-42-33-35-48(6)41(37-42)29-30-43-45-32-31-44(49(45,7)36-34-46(43)48)39(5)27-28-40(9-2)38(3)4/h27-29,38-40,42-46H,8-26,30-37H2,1-7H3/b28-27+/t39-,40-,42+,43+,44-,45+,46+,48+,49-/m1/s1. The number of fused-ring (bicyclic) bond motifs is 5. The van der Waals surface area contributed by atoms with Crippen LogP contribution in [0.1, 0.15) is 222 Å². The number of rotatable bonds is 24. The van der Waals surface area contributed by atoms with Gasteiger partial charge in [-0.3, -0.25) is 4.79 Å². The summed E-state index contributed by atoms with van der Waals surface area (Å²) in [5.41, 5.74) is 2.45. The number of ether oxygens (including phenoxy) is 1. The highest BCUT2D eigenvalue weighted by atomic mass is 16.5. The summed E-state index contributed by atoms with van der Waals surface area (Å²) in [5, 5.41) is 0.